The van der Waals surface area contributed by atoms with Gasteiger partial charge >= 0.3 is 38.1 Å². The Morgan fingerprint density at radius 1 is 0.575 bits per heavy atom. The lowest BCUT2D eigenvalue weighted by atomic mass is 9.74. The first-order valence-electron chi connectivity index (χ1n) is 24.0. The minimum absolute atomic E-state index is 0.00496. The van der Waals surface area contributed by atoms with Crippen molar-refractivity contribution >= 4 is 61.7 Å². The standard InChI is InChI=1S/C49H58B2N8O14/c1-30(2)22-40(58-44(62)34(24-32-12-7-5-8-13-32)56-46(64)36-28-52-16-18-54-36)50-70-38(48(66)72-50)26-42(60)68-20-11-21-69-43(61)27-39-49(67)73-51(71-39)41(23-31(3)4)59-45(63)35(25-33-14-9-6-10-15-33)57-47(65)37-29-53-17-19-55-37/h5-10,12-19,28-31,34-35,38-41H,11,20-27H2,1-4H3,(H,56,64)(H,57,65)(H,58,62)(H,59,63)/t34-,35-,38+,39+,40-,41-/m0/s1. The highest BCUT2D eigenvalue weighted by Gasteiger charge is 2.49. The highest BCUT2D eigenvalue weighted by atomic mass is 16.7. The molecule has 6 rings (SSSR count). The molecular weight excluding hydrogens is 946 g/mol. The zero-order valence-electron chi connectivity index (χ0n) is 40.9. The number of aromatic nitrogens is 4. The molecule has 0 unspecified atom stereocenters. The molecule has 4 aromatic rings. The van der Waals surface area contributed by atoms with Crippen LogP contribution in [-0.4, -0.2) is 131 Å². The molecule has 0 saturated carbocycles. The van der Waals surface area contributed by atoms with Gasteiger partial charge in [-0.05, 0) is 35.8 Å². The maximum atomic E-state index is 13.8. The maximum Gasteiger partial charge on any atom is 0.552 e. The molecule has 6 atom stereocenters. The molecule has 2 fully saturated rings. The number of carbonyl (C=O) groups is 8. The molecule has 4 amide bonds. The van der Waals surface area contributed by atoms with Crippen molar-refractivity contribution in [1.82, 2.24) is 41.2 Å². The van der Waals surface area contributed by atoms with Gasteiger partial charge in [-0.2, -0.15) is 0 Å². The van der Waals surface area contributed by atoms with Gasteiger partial charge in [0, 0.05) is 44.0 Å². The average molecular weight is 1000 g/mol. The van der Waals surface area contributed by atoms with Crippen LogP contribution in [0.1, 0.15) is 91.9 Å². The molecule has 4 N–H and O–H groups in total. The number of amides is 4. The molecule has 2 saturated heterocycles. The van der Waals surface area contributed by atoms with E-state index in [1.165, 1.54) is 37.2 Å². The van der Waals surface area contributed by atoms with Crippen LogP contribution in [0, 0.1) is 11.8 Å². The van der Waals surface area contributed by atoms with Gasteiger partial charge in [0.2, 0.25) is 11.8 Å². The van der Waals surface area contributed by atoms with Crippen molar-refractivity contribution in [2.24, 2.45) is 11.8 Å². The summed E-state index contributed by atoms with van der Waals surface area (Å²) in [5.41, 5.74) is 1.57. The number of rotatable bonds is 26. The van der Waals surface area contributed by atoms with Gasteiger partial charge in [-0.15, -0.1) is 0 Å². The zero-order chi connectivity index (χ0) is 52.3. The van der Waals surface area contributed by atoms with Crippen LogP contribution in [0.25, 0.3) is 0 Å². The van der Waals surface area contributed by atoms with Crippen molar-refractivity contribution in [1.29, 1.82) is 0 Å². The molecule has 384 valence electrons. The van der Waals surface area contributed by atoms with Crippen LogP contribution in [0.4, 0.5) is 0 Å². The molecule has 4 heterocycles. The minimum atomic E-state index is -1.34. The monoisotopic (exact) mass is 1000 g/mol. The number of nitrogens with zero attached hydrogens (tertiary/aromatic N) is 4. The van der Waals surface area contributed by atoms with Crippen LogP contribution in [0.3, 0.4) is 0 Å². The molecule has 2 aromatic heterocycles. The summed E-state index contributed by atoms with van der Waals surface area (Å²) in [5.74, 6) is -7.37. The highest BCUT2D eigenvalue weighted by molar-refractivity contribution is 6.52. The quantitative estimate of drug-likeness (QED) is 0.0397. The number of hydrogen-bond acceptors (Lipinski definition) is 18. The Balaban J connectivity index is 0.943. The van der Waals surface area contributed by atoms with Gasteiger partial charge in [-0.25, -0.2) is 9.97 Å². The fraction of sp³-hybridized carbons (Fsp3) is 0.429. The first kappa shape index (κ1) is 54.7. The van der Waals surface area contributed by atoms with Gasteiger partial charge in [0.25, 0.3) is 11.8 Å². The van der Waals surface area contributed by atoms with Gasteiger partial charge in [0.05, 0.1) is 50.3 Å². The molecule has 0 spiro atoms. The molecule has 73 heavy (non-hydrogen) atoms. The summed E-state index contributed by atoms with van der Waals surface area (Å²) in [4.78, 5) is 121. The average Bonchev–Trinajstić information content (AvgIpc) is 3.93. The Bertz CT molecular complexity index is 2330. The number of carbonyl (C=O) groups excluding carboxylic acids is 8. The fourth-order valence-corrected chi connectivity index (χ4v) is 7.81. The Morgan fingerprint density at radius 3 is 1.33 bits per heavy atom. The van der Waals surface area contributed by atoms with E-state index in [4.69, 9.17) is 28.1 Å². The summed E-state index contributed by atoms with van der Waals surface area (Å²) >= 11 is 0. The minimum Gasteiger partial charge on any atom is -0.506 e. The van der Waals surface area contributed by atoms with Crippen molar-refractivity contribution in [3.63, 3.8) is 0 Å². The Hall–Kier alpha value is -7.59. The van der Waals surface area contributed by atoms with E-state index in [1.54, 1.807) is 24.3 Å². The van der Waals surface area contributed by atoms with Gasteiger partial charge in [-0.3, -0.25) is 48.3 Å². The largest absolute Gasteiger partial charge is 0.552 e. The van der Waals surface area contributed by atoms with Crippen molar-refractivity contribution in [2.75, 3.05) is 13.2 Å². The number of esters is 2. The van der Waals surface area contributed by atoms with Crippen LogP contribution >= 0.6 is 0 Å². The normalized spacial score (nSPS) is 16.9. The third-order valence-corrected chi connectivity index (χ3v) is 11.3. The first-order chi connectivity index (χ1) is 35.1. The molecule has 24 heteroatoms. The number of nitrogens with one attached hydrogen (secondary N) is 4. The van der Waals surface area contributed by atoms with Crippen LogP contribution in [-0.2, 0) is 69.7 Å². The van der Waals surface area contributed by atoms with E-state index in [1.807, 2.05) is 64.1 Å². The highest BCUT2D eigenvalue weighted by Crippen LogP contribution is 2.23. The van der Waals surface area contributed by atoms with E-state index in [9.17, 15) is 38.4 Å². The van der Waals surface area contributed by atoms with E-state index in [2.05, 4.69) is 41.2 Å². The second-order valence-electron chi connectivity index (χ2n) is 18.2. The third-order valence-electron chi connectivity index (χ3n) is 11.3. The smallest absolute Gasteiger partial charge is 0.506 e. The zero-order valence-corrected chi connectivity index (χ0v) is 40.9. The summed E-state index contributed by atoms with van der Waals surface area (Å²) in [6, 6.07) is 16.0. The molecule has 2 aliphatic rings. The van der Waals surface area contributed by atoms with Crippen molar-refractivity contribution in [3.8, 4) is 0 Å². The SMILES string of the molecule is CC(C)C[C@H](NC(=O)[C@H](Cc1ccccc1)NC(=O)c1cnccn1)B1OC(=O)[C@@H](CC(=O)OCCCOC(=O)C[C@H]2OB([C@H](CC(C)C)NC(=O)[C@H](Cc3ccccc3)NC(=O)c3cnccn3)OC2=O)O1. The summed E-state index contributed by atoms with van der Waals surface area (Å²) in [6.45, 7) is 7.21. The van der Waals surface area contributed by atoms with E-state index in [-0.39, 0.29) is 55.7 Å². The van der Waals surface area contributed by atoms with Gasteiger partial charge in [0.15, 0.2) is 12.2 Å². The number of hydrogen-bond donors (Lipinski definition) is 4. The second kappa shape index (κ2) is 27.3. The lowest BCUT2D eigenvalue weighted by Crippen LogP contribution is -2.55. The lowest BCUT2D eigenvalue weighted by Gasteiger charge is -2.25. The number of benzene rings is 2. The van der Waals surface area contributed by atoms with Crippen molar-refractivity contribution in [2.45, 2.75) is 109 Å². The van der Waals surface area contributed by atoms with E-state index >= 15 is 0 Å². The number of ether oxygens (including phenoxy) is 2. The molecule has 0 radical (unpaired) electrons. The molecule has 22 nitrogen and oxygen atoms in total. The van der Waals surface area contributed by atoms with Crippen molar-refractivity contribution in [3.05, 3.63) is 120 Å². The molecule has 2 aliphatic heterocycles. The Morgan fingerprint density at radius 2 is 0.973 bits per heavy atom. The summed E-state index contributed by atoms with van der Waals surface area (Å²) < 4.78 is 33.3. The first-order valence-corrected chi connectivity index (χ1v) is 24.0. The van der Waals surface area contributed by atoms with E-state index < -0.39 is 111 Å². The third kappa shape index (κ3) is 17.3. The van der Waals surface area contributed by atoms with E-state index in [0.717, 1.165) is 11.1 Å². The molecule has 0 aliphatic carbocycles. The predicted molar refractivity (Wildman–Crippen MR) is 259 cm³/mol. The van der Waals surface area contributed by atoms with Crippen LogP contribution < -0.4 is 21.3 Å². The van der Waals surface area contributed by atoms with Gasteiger partial charge in [0.1, 0.15) is 23.5 Å². The second-order valence-corrected chi connectivity index (χ2v) is 18.2. The van der Waals surface area contributed by atoms with Gasteiger partial charge < -0.3 is 49.4 Å². The molecule has 2 aromatic carbocycles. The fourth-order valence-electron chi connectivity index (χ4n) is 7.81. The predicted octanol–water partition coefficient (Wildman–Crippen LogP) is 1.91. The van der Waals surface area contributed by atoms with Crippen LogP contribution in [0.2, 0.25) is 0 Å². The summed E-state index contributed by atoms with van der Waals surface area (Å²) in [5, 5.41) is 11.2. The van der Waals surface area contributed by atoms with Gasteiger partial charge in [-0.1, -0.05) is 88.4 Å². The van der Waals surface area contributed by atoms with Crippen molar-refractivity contribution < 1.29 is 66.4 Å². The van der Waals surface area contributed by atoms with Crippen LogP contribution in [0.5, 0.6) is 0 Å². The molecular formula is C49H58B2N8O14. The summed E-state index contributed by atoms with van der Waals surface area (Å²) in [6.07, 6.45) is 5.36. The Kier molecular flexibility index (Phi) is 20.5. The lowest BCUT2D eigenvalue weighted by molar-refractivity contribution is -0.152. The van der Waals surface area contributed by atoms with Crippen LogP contribution in [0.15, 0.2) is 97.8 Å². The Labute approximate surface area is 422 Å². The maximum absolute atomic E-state index is 13.8. The molecule has 0 bridgehead atoms. The van der Waals surface area contributed by atoms with E-state index in [0.29, 0.717) is 12.8 Å². The summed E-state index contributed by atoms with van der Waals surface area (Å²) in [7, 11) is -2.51. The topological polar surface area (TPSA) is 292 Å².